The summed E-state index contributed by atoms with van der Waals surface area (Å²) in [6.45, 7) is 11.7. The smallest absolute Gasteiger partial charge is 0.244 e. The summed E-state index contributed by atoms with van der Waals surface area (Å²) in [7, 11) is 0. The first-order chi connectivity index (χ1) is 12.3. The first kappa shape index (κ1) is 20.5. The summed E-state index contributed by atoms with van der Waals surface area (Å²) in [6, 6.07) is 7.32. The number of imide groups is 1. The third kappa shape index (κ3) is 3.66. The molecule has 2 rings (SSSR count). The van der Waals surface area contributed by atoms with Crippen LogP contribution in [0.25, 0.3) is 0 Å². The van der Waals surface area contributed by atoms with Crippen molar-refractivity contribution in [3.8, 4) is 17.9 Å². The fraction of sp³-hybridized carbons (Fsp3) is 0.524. The molecule has 0 aliphatic carbocycles. The van der Waals surface area contributed by atoms with Crippen LogP contribution in [0, 0.1) is 34.5 Å². The molecule has 2 atom stereocenters. The number of carbonyl (C=O) groups is 2. The van der Waals surface area contributed by atoms with Crippen molar-refractivity contribution in [2.75, 3.05) is 0 Å². The molecule has 2 amide bonds. The van der Waals surface area contributed by atoms with E-state index in [9.17, 15) is 25.2 Å². The number of rotatable bonds is 1. The molecular formula is C21H25N3O3. The van der Waals surface area contributed by atoms with Gasteiger partial charge in [-0.3, -0.25) is 14.9 Å². The molecule has 142 valence electrons. The molecule has 27 heavy (non-hydrogen) atoms. The summed E-state index contributed by atoms with van der Waals surface area (Å²) < 4.78 is 0. The van der Waals surface area contributed by atoms with E-state index >= 15 is 0 Å². The molecule has 6 nitrogen and oxygen atoms in total. The van der Waals surface area contributed by atoms with Crippen LogP contribution in [0.1, 0.15) is 64.2 Å². The van der Waals surface area contributed by atoms with Crippen molar-refractivity contribution in [3.63, 3.8) is 0 Å². The highest BCUT2D eigenvalue weighted by Crippen LogP contribution is 2.44. The Balaban J connectivity index is 2.83. The van der Waals surface area contributed by atoms with Crippen LogP contribution < -0.4 is 5.32 Å². The number of piperidine rings is 1. The second-order valence-corrected chi connectivity index (χ2v) is 9.06. The molecule has 0 spiro atoms. The van der Waals surface area contributed by atoms with E-state index in [1.54, 1.807) is 12.1 Å². The van der Waals surface area contributed by atoms with E-state index < -0.39 is 40.4 Å². The number of hydrogen-bond donors (Lipinski definition) is 2. The van der Waals surface area contributed by atoms with Gasteiger partial charge in [0, 0.05) is 5.92 Å². The molecule has 0 aromatic heterocycles. The zero-order chi connectivity index (χ0) is 20.7. The molecular weight excluding hydrogens is 342 g/mol. The van der Waals surface area contributed by atoms with Gasteiger partial charge in [0.05, 0.1) is 12.1 Å². The topological polar surface area (TPSA) is 114 Å². The lowest BCUT2D eigenvalue weighted by Gasteiger charge is -2.33. The lowest BCUT2D eigenvalue weighted by molar-refractivity contribution is -0.137. The predicted octanol–water partition coefficient (Wildman–Crippen LogP) is 3.01. The number of carbonyl (C=O) groups excluding carboxylic acids is 2. The highest BCUT2D eigenvalue weighted by molar-refractivity contribution is 6.03. The van der Waals surface area contributed by atoms with Gasteiger partial charge in [-0.2, -0.15) is 10.5 Å². The van der Waals surface area contributed by atoms with E-state index in [0.29, 0.717) is 16.7 Å². The van der Waals surface area contributed by atoms with Crippen molar-refractivity contribution in [1.82, 2.24) is 5.32 Å². The van der Waals surface area contributed by atoms with Crippen LogP contribution >= 0.6 is 0 Å². The van der Waals surface area contributed by atoms with Crippen LogP contribution in [0.3, 0.4) is 0 Å². The summed E-state index contributed by atoms with van der Waals surface area (Å²) in [5, 5.41) is 32.0. The minimum absolute atomic E-state index is 0.160. The maximum atomic E-state index is 12.2. The van der Waals surface area contributed by atoms with Crippen LogP contribution in [-0.2, 0) is 20.4 Å². The van der Waals surface area contributed by atoms with Crippen LogP contribution in [0.5, 0.6) is 5.75 Å². The van der Waals surface area contributed by atoms with Crippen molar-refractivity contribution in [2.24, 2.45) is 11.8 Å². The Bertz CT molecular complexity index is 809. The van der Waals surface area contributed by atoms with Gasteiger partial charge in [0.15, 0.2) is 0 Å². The number of nitriles is 2. The number of aromatic hydroxyl groups is 1. The Morgan fingerprint density at radius 3 is 1.56 bits per heavy atom. The summed E-state index contributed by atoms with van der Waals surface area (Å²) in [4.78, 5) is 24.4. The van der Waals surface area contributed by atoms with Crippen molar-refractivity contribution in [1.29, 1.82) is 10.5 Å². The predicted molar refractivity (Wildman–Crippen MR) is 99.6 cm³/mol. The summed E-state index contributed by atoms with van der Waals surface area (Å²) in [6.07, 6.45) is 0. The van der Waals surface area contributed by atoms with Gasteiger partial charge in [0.25, 0.3) is 0 Å². The number of nitrogens with zero attached hydrogens (tertiary/aromatic N) is 2. The monoisotopic (exact) mass is 367 g/mol. The van der Waals surface area contributed by atoms with E-state index in [2.05, 4.69) is 5.32 Å². The van der Waals surface area contributed by atoms with Gasteiger partial charge < -0.3 is 5.11 Å². The summed E-state index contributed by atoms with van der Waals surface area (Å²) in [5.41, 5.74) is 1.02. The average molecular weight is 367 g/mol. The van der Waals surface area contributed by atoms with Crippen LogP contribution in [-0.4, -0.2) is 16.9 Å². The number of phenols is 1. The van der Waals surface area contributed by atoms with E-state index in [4.69, 9.17) is 0 Å². The molecule has 1 aliphatic rings. The molecule has 2 unspecified atom stereocenters. The van der Waals surface area contributed by atoms with Gasteiger partial charge >= 0.3 is 0 Å². The molecule has 1 heterocycles. The van der Waals surface area contributed by atoms with Gasteiger partial charge in [-0.1, -0.05) is 53.7 Å². The number of hydrogen-bond acceptors (Lipinski definition) is 5. The highest BCUT2D eigenvalue weighted by atomic mass is 16.3. The lowest BCUT2D eigenvalue weighted by Crippen LogP contribution is -2.49. The SMILES string of the molecule is CC(C)(C)c1cc(C2C(C#N)C(=O)NC(=O)C2C#N)cc(C(C)(C)C)c1O. The third-order valence-electron chi connectivity index (χ3n) is 4.94. The minimum Gasteiger partial charge on any atom is -0.507 e. The molecule has 2 N–H and O–H groups in total. The Hall–Kier alpha value is -2.86. The largest absolute Gasteiger partial charge is 0.507 e. The van der Waals surface area contributed by atoms with Crippen molar-refractivity contribution in [3.05, 3.63) is 28.8 Å². The fourth-order valence-electron chi connectivity index (χ4n) is 3.45. The first-order valence-corrected chi connectivity index (χ1v) is 8.84. The standard InChI is InChI=1S/C21H25N3O3/c1-20(2,3)14-7-11(8-15(17(14)25)21(4,5)6)16-12(9-22)18(26)24-19(27)13(16)10-23/h7-8,12-13,16,25H,1-6H3,(H,24,26,27). The normalized spacial score (nSPS) is 23.3. The number of phenolic OH excluding ortho intramolecular Hbond substituents is 1. The van der Waals surface area contributed by atoms with Crippen molar-refractivity contribution in [2.45, 2.75) is 58.3 Å². The second kappa shape index (κ2) is 6.70. The first-order valence-electron chi connectivity index (χ1n) is 8.84. The van der Waals surface area contributed by atoms with Gasteiger partial charge in [0.1, 0.15) is 17.6 Å². The van der Waals surface area contributed by atoms with Crippen molar-refractivity contribution < 1.29 is 14.7 Å². The van der Waals surface area contributed by atoms with Crippen molar-refractivity contribution >= 4 is 11.8 Å². The van der Waals surface area contributed by atoms with Crippen LogP contribution in [0.4, 0.5) is 0 Å². The van der Waals surface area contributed by atoms with E-state index in [1.807, 2.05) is 53.7 Å². The van der Waals surface area contributed by atoms with Crippen LogP contribution in [0.15, 0.2) is 12.1 Å². The van der Waals surface area contributed by atoms with E-state index in [-0.39, 0.29) is 5.75 Å². The Morgan fingerprint density at radius 1 is 0.889 bits per heavy atom. The Labute approximate surface area is 159 Å². The molecule has 1 saturated heterocycles. The summed E-state index contributed by atoms with van der Waals surface area (Å²) >= 11 is 0. The molecule has 1 aliphatic heterocycles. The fourth-order valence-corrected chi connectivity index (χ4v) is 3.45. The van der Waals surface area contributed by atoms with Crippen LogP contribution in [0.2, 0.25) is 0 Å². The maximum absolute atomic E-state index is 12.2. The maximum Gasteiger partial charge on any atom is 0.244 e. The van der Waals surface area contributed by atoms with Gasteiger partial charge in [-0.15, -0.1) is 0 Å². The quantitative estimate of drug-likeness (QED) is 0.741. The molecule has 1 fully saturated rings. The number of nitrogens with one attached hydrogen (secondary N) is 1. The van der Waals surface area contributed by atoms with Gasteiger partial charge in [-0.25, -0.2) is 0 Å². The second-order valence-electron chi connectivity index (χ2n) is 9.06. The highest BCUT2D eigenvalue weighted by Gasteiger charge is 2.46. The third-order valence-corrected chi connectivity index (χ3v) is 4.94. The molecule has 0 radical (unpaired) electrons. The van der Waals surface area contributed by atoms with Gasteiger partial charge in [-0.05, 0) is 27.5 Å². The summed E-state index contributed by atoms with van der Waals surface area (Å²) in [5.74, 6) is -4.42. The Kier molecular flexibility index (Phi) is 5.08. The average Bonchev–Trinajstić information content (AvgIpc) is 2.52. The van der Waals surface area contributed by atoms with Gasteiger partial charge in [0.2, 0.25) is 11.8 Å². The number of amides is 2. The zero-order valence-electron chi connectivity index (χ0n) is 16.5. The zero-order valence-corrected chi connectivity index (χ0v) is 16.5. The molecule has 0 saturated carbocycles. The van der Waals surface area contributed by atoms with E-state index in [1.165, 1.54) is 0 Å². The molecule has 1 aromatic carbocycles. The Morgan fingerprint density at radius 2 is 1.26 bits per heavy atom. The number of benzene rings is 1. The molecule has 1 aromatic rings. The van der Waals surface area contributed by atoms with E-state index in [0.717, 1.165) is 0 Å². The molecule has 0 bridgehead atoms. The molecule has 6 heteroatoms. The lowest BCUT2D eigenvalue weighted by atomic mass is 9.71. The minimum atomic E-state index is -1.16.